The van der Waals surface area contributed by atoms with Crippen LogP contribution in [0.2, 0.25) is 0 Å². The molecule has 0 aromatic rings. The van der Waals surface area contributed by atoms with E-state index in [2.05, 4.69) is 0 Å². The highest BCUT2D eigenvalue weighted by atomic mass is 16.3. The summed E-state index contributed by atoms with van der Waals surface area (Å²) in [6, 6.07) is 0. The van der Waals surface area contributed by atoms with Gasteiger partial charge in [0.15, 0.2) is 5.78 Å². The lowest BCUT2D eigenvalue weighted by Gasteiger charge is -2.26. The van der Waals surface area contributed by atoms with Gasteiger partial charge in [-0.05, 0) is 50.5 Å². The number of hydrogen-bond acceptors (Lipinski definition) is 3. The SMILES string of the molecule is O=C(C1=CCC(O)CC1)C1CCC(O)CC1. The molecular formula is C13H20O3. The zero-order valence-electron chi connectivity index (χ0n) is 9.56. The molecule has 2 aliphatic carbocycles. The van der Waals surface area contributed by atoms with E-state index in [-0.39, 0.29) is 23.9 Å². The molecule has 3 nitrogen and oxygen atoms in total. The molecule has 0 aromatic heterocycles. The molecule has 1 unspecified atom stereocenters. The van der Waals surface area contributed by atoms with Crippen LogP contribution in [0, 0.1) is 5.92 Å². The van der Waals surface area contributed by atoms with Crippen molar-refractivity contribution in [3.63, 3.8) is 0 Å². The van der Waals surface area contributed by atoms with E-state index in [0.29, 0.717) is 12.8 Å². The van der Waals surface area contributed by atoms with Crippen molar-refractivity contribution >= 4 is 5.78 Å². The summed E-state index contributed by atoms with van der Waals surface area (Å²) < 4.78 is 0. The average Bonchev–Trinajstić information content (AvgIpc) is 2.30. The van der Waals surface area contributed by atoms with Gasteiger partial charge in [-0.2, -0.15) is 0 Å². The van der Waals surface area contributed by atoms with Crippen LogP contribution in [0.4, 0.5) is 0 Å². The number of allylic oxidation sites excluding steroid dienone is 1. The molecule has 0 heterocycles. The lowest BCUT2D eigenvalue weighted by molar-refractivity contribution is -0.121. The predicted octanol–water partition coefficient (Wildman–Crippen LogP) is 1.58. The molecule has 3 heteroatoms. The Balaban J connectivity index is 1.92. The highest BCUT2D eigenvalue weighted by Crippen LogP contribution is 2.30. The maximum Gasteiger partial charge on any atom is 0.161 e. The number of carbonyl (C=O) groups excluding carboxylic acids is 1. The van der Waals surface area contributed by atoms with Crippen LogP contribution in [0.15, 0.2) is 11.6 Å². The minimum absolute atomic E-state index is 0.116. The van der Waals surface area contributed by atoms with Crippen LogP contribution in [-0.4, -0.2) is 28.2 Å². The van der Waals surface area contributed by atoms with Gasteiger partial charge in [-0.1, -0.05) is 6.08 Å². The van der Waals surface area contributed by atoms with Gasteiger partial charge in [0.25, 0.3) is 0 Å². The topological polar surface area (TPSA) is 57.5 Å². The third-order valence-electron chi connectivity index (χ3n) is 3.77. The Morgan fingerprint density at radius 2 is 1.75 bits per heavy atom. The van der Waals surface area contributed by atoms with Crippen molar-refractivity contribution in [1.82, 2.24) is 0 Å². The van der Waals surface area contributed by atoms with E-state index < -0.39 is 0 Å². The number of ketones is 1. The summed E-state index contributed by atoms with van der Waals surface area (Å²) in [5, 5.41) is 18.8. The second-order valence-electron chi connectivity index (χ2n) is 5.03. The van der Waals surface area contributed by atoms with Crippen molar-refractivity contribution in [3.8, 4) is 0 Å². The summed E-state index contributed by atoms with van der Waals surface area (Å²) in [6.07, 6.45) is 6.65. The van der Waals surface area contributed by atoms with E-state index in [1.807, 2.05) is 6.08 Å². The van der Waals surface area contributed by atoms with Gasteiger partial charge >= 0.3 is 0 Å². The molecule has 2 aliphatic rings. The van der Waals surface area contributed by atoms with Crippen LogP contribution >= 0.6 is 0 Å². The Kier molecular flexibility index (Phi) is 3.77. The van der Waals surface area contributed by atoms with Crippen LogP contribution in [0.25, 0.3) is 0 Å². The third kappa shape index (κ3) is 2.71. The molecular weight excluding hydrogens is 204 g/mol. The highest BCUT2D eigenvalue weighted by Gasteiger charge is 2.28. The molecule has 2 N–H and O–H groups in total. The second kappa shape index (κ2) is 5.11. The van der Waals surface area contributed by atoms with E-state index in [0.717, 1.165) is 37.7 Å². The molecule has 0 amide bonds. The minimum Gasteiger partial charge on any atom is -0.393 e. The second-order valence-corrected chi connectivity index (χ2v) is 5.03. The summed E-state index contributed by atoms with van der Waals surface area (Å²) in [4.78, 5) is 12.1. The summed E-state index contributed by atoms with van der Waals surface area (Å²) in [5.74, 6) is 0.378. The minimum atomic E-state index is -0.260. The van der Waals surface area contributed by atoms with Gasteiger partial charge in [0.2, 0.25) is 0 Å². The van der Waals surface area contributed by atoms with Crippen LogP contribution in [0.1, 0.15) is 44.9 Å². The van der Waals surface area contributed by atoms with E-state index in [1.165, 1.54) is 0 Å². The summed E-state index contributed by atoms with van der Waals surface area (Å²) in [6.45, 7) is 0. The number of carbonyl (C=O) groups is 1. The van der Waals surface area contributed by atoms with Gasteiger partial charge in [0.05, 0.1) is 12.2 Å². The molecule has 2 rings (SSSR count). The quantitative estimate of drug-likeness (QED) is 0.748. The number of Topliss-reactive ketones (excluding diaryl/α,β-unsaturated/α-hetero) is 1. The zero-order valence-corrected chi connectivity index (χ0v) is 9.56. The molecule has 90 valence electrons. The number of rotatable bonds is 2. The van der Waals surface area contributed by atoms with Crippen molar-refractivity contribution in [1.29, 1.82) is 0 Å². The van der Waals surface area contributed by atoms with Gasteiger partial charge < -0.3 is 10.2 Å². The third-order valence-corrected chi connectivity index (χ3v) is 3.77. The van der Waals surface area contributed by atoms with E-state index in [9.17, 15) is 15.0 Å². The van der Waals surface area contributed by atoms with Crippen LogP contribution < -0.4 is 0 Å². The fourth-order valence-corrected chi connectivity index (χ4v) is 2.64. The Hall–Kier alpha value is -0.670. The zero-order chi connectivity index (χ0) is 11.5. The van der Waals surface area contributed by atoms with E-state index >= 15 is 0 Å². The number of aliphatic hydroxyl groups is 2. The molecule has 0 saturated heterocycles. The lowest BCUT2D eigenvalue weighted by Crippen LogP contribution is -2.26. The Morgan fingerprint density at radius 3 is 2.31 bits per heavy atom. The van der Waals surface area contributed by atoms with Crippen LogP contribution in [0.5, 0.6) is 0 Å². The van der Waals surface area contributed by atoms with Crippen LogP contribution in [0.3, 0.4) is 0 Å². The normalized spacial score (nSPS) is 35.6. The van der Waals surface area contributed by atoms with Gasteiger partial charge in [-0.25, -0.2) is 0 Å². The van der Waals surface area contributed by atoms with E-state index in [4.69, 9.17) is 0 Å². The summed E-state index contributed by atoms with van der Waals surface area (Å²) in [7, 11) is 0. The van der Waals surface area contributed by atoms with Crippen molar-refractivity contribution in [3.05, 3.63) is 11.6 Å². The smallest absolute Gasteiger partial charge is 0.161 e. The van der Waals surface area contributed by atoms with Crippen molar-refractivity contribution < 1.29 is 15.0 Å². The average molecular weight is 224 g/mol. The first-order chi connectivity index (χ1) is 7.66. The van der Waals surface area contributed by atoms with Crippen molar-refractivity contribution in [2.45, 2.75) is 57.2 Å². The Labute approximate surface area is 96.2 Å². The molecule has 0 spiro atoms. The van der Waals surface area contributed by atoms with E-state index in [1.54, 1.807) is 0 Å². The van der Waals surface area contributed by atoms with Crippen LogP contribution in [-0.2, 0) is 4.79 Å². The summed E-state index contributed by atoms with van der Waals surface area (Å²) in [5.41, 5.74) is 0.909. The Morgan fingerprint density at radius 1 is 1.06 bits per heavy atom. The molecule has 16 heavy (non-hydrogen) atoms. The molecule has 1 fully saturated rings. The maximum atomic E-state index is 12.1. The van der Waals surface area contributed by atoms with Crippen molar-refractivity contribution in [2.24, 2.45) is 5.92 Å². The fraction of sp³-hybridized carbons (Fsp3) is 0.769. The molecule has 0 aromatic carbocycles. The van der Waals surface area contributed by atoms with Gasteiger partial charge in [-0.15, -0.1) is 0 Å². The first kappa shape index (κ1) is 11.8. The molecule has 0 bridgehead atoms. The first-order valence-electron chi connectivity index (χ1n) is 6.26. The van der Waals surface area contributed by atoms with Crippen molar-refractivity contribution in [2.75, 3.05) is 0 Å². The highest BCUT2D eigenvalue weighted by molar-refractivity contribution is 5.97. The standard InChI is InChI=1S/C13H20O3/c14-11-5-1-9(2-6-11)13(16)10-3-7-12(15)8-4-10/h1,10-12,14-15H,2-8H2. The fourth-order valence-electron chi connectivity index (χ4n) is 2.64. The van der Waals surface area contributed by atoms with Gasteiger partial charge in [-0.3, -0.25) is 4.79 Å². The predicted molar refractivity (Wildman–Crippen MR) is 60.9 cm³/mol. The Bertz CT molecular complexity index is 288. The monoisotopic (exact) mass is 224 g/mol. The molecule has 1 saturated carbocycles. The largest absolute Gasteiger partial charge is 0.393 e. The van der Waals surface area contributed by atoms with Gasteiger partial charge in [0, 0.05) is 5.92 Å². The molecule has 0 radical (unpaired) electrons. The lowest BCUT2D eigenvalue weighted by atomic mass is 9.80. The first-order valence-corrected chi connectivity index (χ1v) is 6.26. The molecule has 1 atom stereocenters. The molecule has 0 aliphatic heterocycles. The number of hydrogen-bond donors (Lipinski definition) is 2. The summed E-state index contributed by atoms with van der Waals surface area (Å²) >= 11 is 0. The maximum absolute atomic E-state index is 12.1. The number of aliphatic hydroxyl groups excluding tert-OH is 2. The van der Waals surface area contributed by atoms with Gasteiger partial charge in [0.1, 0.15) is 0 Å².